The molecule has 2 aromatic heterocycles. The monoisotopic (exact) mass is 337 g/mol. The third kappa shape index (κ3) is 3.98. The number of pyridine rings is 2. The average molecular weight is 337 g/mol. The van der Waals surface area contributed by atoms with E-state index in [0.29, 0.717) is 29.0 Å². The van der Waals surface area contributed by atoms with E-state index in [1.807, 2.05) is 18.2 Å². The van der Waals surface area contributed by atoms with E-state index in [2.05, 4.69) is 15.3 Å². The van der Waals surface area contributed by atoms with E-state index in [1.54, 1.807) is 24.5 Å². The Morgan fingerprint density at radius 1 is 1.20 bits per heavy atom. The number of methoxy groups -OCH3 is 1. The predicted molar refractivity (Wildman–Crippen MR) is 91.6 cm³/mol. The van der Waals surface area contributed by atoms with Gasteiger partial charge in [0.1, 0.15) is 11.6 Å². The first kappa shape index (κ1) is 16.6. The molecule has 0 unspecified atom stereocenters. The summed E-state index contributed by atoms with van der Waals surface area (Å²) in [6.45, 7) is 0.313. The third-order valence-electron chi connectivity index (χ3n) is 3.63. The van der Waals surface area contributed by atoms with Crippen molar-refractivity contribution in [2.24, 2.45) is 0 Å². The minimum atomic E-state index is -0.388. The molecular weight excluding hydrogens is 321 g/mol. The maximum Gasteiger partial charge on any atom is 0.253 e. The van der Waals surface area contributed by atoms with Crippen LogP contribution in [0.3, 0.4) is 0 Å². The maximum atomic E-state index is 13.6. The van der Waals surface area contributed by atoms with Gasteiger partial charge in [-0.3, -0.25) is 14.8 Å². The lowest BCUT2D eigenvalue weighted by atomic mass is 10.0. The van der Waals surface area contributed by atoms with Crippen molar-refractivity contribution in [3.05, 3.63) is 78.1 Å². The summed E-state index contributed by atoms with van der Waals surface area (Å²) in [4.78, 5) is 20.6. The summed E-state index contributed by atoms with van der Waals surface area (Å²) in [7, 11) is 1.51. The number of hydrogen-bond acceptors (Lipinski definition) is 4. The molecule has 2 heterocycles. The van der Waals surface area contributed by atoms with Crippen LogP contribution in [0.2, 0.25) is 0 Å². The summed E-state index contributed by atoms with van der Waals surface area (Å²) in [6, 6.07) is 11.4. The number of aromatic nitrogens is 2. The van der Waals surface area contributed by atoms with Crippen LogP contribution in [-0.2, 0) is 6.54 Å². The smallest absolute Gasteiger partial charge is 0.253 e. The lowest BCUT2D eigenvalue weighted by Crippen LogP contribution is -2.23. The molecule has 5 nitrogen and oxygen atoms in total. The number of carbonyl (C=O) groups is 1. The second-order valence-electron chi connectivity index (χ2n) is 5.31. The lowest BCUT2D eigenvalue weighted by molar-refractivity contribution is 0.0950. The van der Waals surface area contributed by atoms with Crippen molar-refractivity contribution in [3.8, 4) is 16.9 Å². The zero-order valence-electron chi connectivity index (χ0n) is 13.6. The minimum Gasteiger partial charge on any atom is -0.496 e. The molecule has 1 amide bonds. The van der Waals surface area contributed by atoms with E-state index in [1.165, 1.54) is 25.4 Å². The largest absolute Gasteiger partial charge is 0.496 e. The van der Waals surface area contributed by atoms with Crippen LogP contribution in [0.1, 0.15) is 16.1 Å². The Morgan fingerprint density at radius 3 is 2.84 bits per heavy atom. The second kappa shape index (κ2) is 7.53. The fourth-order valence-electron chi connectivity index (χ4n) is 2.39. The van der Waals surface area contributed by atoms with Crippen molar-refractivity contribution in [1.82, 2.24) is 15.3 Å². The summed E-state index contributed by atoms with van der Waals surface area (Å²) in [5.74, 6) is -0.162. The van der Waals surface area contributed by atoms with E-state index in [9.17, 15) is 9.18 Å². The Kier molecular flexibility index (Phi) is 4.99. The van der Waals surface area contributed by atoms with Crippen LogP contribution in [0.5, 0.6) is 5.75 Å². The van der Waals surface area contributed by atoms with Crippen LogP contribution in [-0.4, -0.2) is 23.0 Å². The predicted octanol–water partition coefficient (Wildman–Crippen LogP) is 3.22. The van der Waals surface area contributed by atoms with Gasteiger partial charge in [-0.1, -0.05) is 6.07 Å². The van der Waals surface area contributed by atoms with E-state index >= 15 is 0 Å². The van der Waals surface area contributed by atoms with Crippen molar-refractivity contribution in [1.29, 1.82) is 0 Å². The highest BCUT2D eigenvalue weighted by Gasteiger charge is 2.12. The molecule has 0 saturated heterocycles. The van der Waals surface area contributed by atoms with Gasteiger partial charge in [0.05, 0.1) is 24.9 Å². The number of rotatable bonds is 5. The molecule has 6 heteroatoms. The molecule has 0 aliphatic carbocycles. The van der Waals surface area contributed by atoms with Crippen molar-refractivity contribution in [2.45, 2.75) is 6.54 Å². The number of nitrogens with one attached hydrogen (secondary N) is 1. The van der Waals surface area contributed by atoms with E-state index in [4.69, 9.17) is 4.74 Å². The standard InChI is InChI=1S/C19H16FN3O2/c1-25-18-6-5-15(20)9-17(18)13-8-14(11-21-10-13)19(24)23-12-16-4-2-3-7-22-16/h2-11H,12H2,1H3,(H,23,24). The van der Waals surface area contributed by atoms with Gasteiger partial charge in [0.15, 0.2) is 0 Å². The van der Waals surface area contributed by atoms with Gasteiger partial charge in [0.25, 0.3) is 5.91 Å². The van der Waals surface area contributed by atoms with Crippen LogP contribution in [0, 0.1) is 5.82 Å². The first-order valence-electron chi connectivity index (χ1n) is 7.64. The number of carbonyl (C=O) groups excluding carboxylic acids is 1. The Morgan fingerprint density at radius 2 is 2.08 bits per heavy atom. The fourth-order valence-corrected chi connectivity index (χ4v) is 2.39. The van der Waals surface area contributed by atoms with Gasteiger partial charge in [-0.2, -0.15) is 0 Å². The quantitative estimate of drug-likeness (QED) is 0.776. The normalized spacial score (nSPS) is 10.3. The Balaban J connectivity index is 1.82. The van der Waals surface area contributed by atoms with Gasteiger partial charge in [-0.25, -0.2) is 4.39 Å². The first-order chi connectivity index (χ1) is 12.2. The van der Waals surface area contributed by atoms with E-state index in [0.717, 1.165) is 5.69 Å². The second-order valence-corrected chi connectivity index (χ2v) is 5.31. The first-order valence-corrected chi connectivity index (χ1v) is 7.64. The fraction of sp³-hybridized carbons (Fsp3) is 0.105. The molecule has 1 N–H and O–H groups in total. The zero-order chi connectivity index (χ0) is 17.6. The van der Waals surface area contributed by atoms with Gasteiger partial charge in [-0.15, -0.1) is 0 Å². The Hall–Kier alpha value is -3.28. The Bertz CT molecular complexity index is 885. The number of hydrogen-bond donors (Lipinski definition) is 1. The van der Waals surface area contributed by atoms with Gasteiger partial charge >= 0.3 is 0 Å². The molecule has 0 radical (unpaired) electrons. The molecule has 0 spiro atoms. The summed E-state index contributed by atoms with van der Waals surface area (Å²) in [5.41, 5.74) is 2.27. The molecule has 0 bridgehead atoms. The molecular formula is C19H16FN3O2. The highest BCUT2D eigenvalue weighted by atomic mass is 19.1. The third-order valence-corrected chi connectivity index (χ3v) is 3.63. The van der Waals surface area contributed by atoms with Gasteiger partial charge in [0.2, 0.25) is 0 Å². The van der Waals surface area contributed by atoms with Crippen LogP contribution < -0.4 is 10.1 Å². The molecule has 0 aliphatic rings. The van der Waals surface area contributed by atoms with Gasteiger partial charge in [-0.05, 0) is 36.4 Å². The number of halogens is 1. The van der Waals surface area contributed by atoms with E-state index < -0.39 is 0 Å². The highest BCUT2D eigenvalue weighted by molar-refractivity contribution is 5.95. The van der Waals surface area contributed by atoms with Crippen molar-refractivity contribution >= 4 is 5.91 Å². The van der Waals surface area contributed by atoms with Crippen molar-refractivity contribution in [3.63, 3.8) is 0 Å². The summed E-state index contributed by atoms with van der Waals surface area (Å²) in [6.07, 6.45) is 4.69. The SMILES string of the molecule is COc1ccc(F)cc1-c1cncc(C(=O)NCc2ccccn2)c1. The Labute approximate surface area is 144 Å². The summed E-state index contributed by atoms with van der Waals surface area (Å²) < 4.78 is 18.8. The van der Waals surface area contributed by atoms with Crippen molar-refractivity contribution < 1.29 is 13.9 Å². The molecule has 3 aromatic rings. The lowest BCUT2D eigenvalue weighted by Gasteiger charge is -2.10. The van der Waals surface area contributed by atoms with Crippen LogP contribution >= 0.6 is 0 Å². The zero-order valence-corrected chi connectivity index (χ0v) is 13.6. The van der Waals surface area contributed by atoms with Crippen LogP contribution in [0.25, 0.3) is 11.1 Å². The van der Waals surface area contributed by atoms with Gasteiger partial charge < -0.3 is 10.1 Å². The number of ether oxygens (including phenoxy) is 1. The topological polar surface area (TPSA) is 64.1 Å². The van der Waals surface area contributed by atoms with E-state index in [-0.39, 0.29) is 11.7 Å². The minimum absolute atomic E-state index is 0.282. The number of nitrogens with zero attached hydrogens (tertiary/aromatic N) is 2. The molecule has 0 atom stereocenters. The summed E-state index contributed by atoms with van der Waals surface area (Å²) >= 11 is 0. The summed E-state index contributed by atoms with van der Waals surface area (Å²) in [5, 5.41) is 2.79. The van der Waals surface area contributed by atoms with Crippen LogP contribution in [0.4, 0.5) is 4.39 Å². The molecule has 0 aliphatic heterocycles. The average Bonchev–Trinajstić information content (AvgIpc) is 2.67. The molecule has 126 valence electrons. The molecule has 0 fully saturated rings. The molecule has 25 heavy (non-hydrogen) atoms. The van der Waals surface area contributed by atoms with Gasteiger partial charge in [0, 0.05) is 29.7 Å². The number of benzene rings is 1. The highest BCUT2D eigenvalue weighted by Crippen LogP contribution is 2.30. The number of amides is 1. The molecule has 0 saturated carbocycles. The molecule has 3 rings (SSSR count). The maximum absolute atomic E-state index is 13.6. The van der Waals surface area contributed by atoms with Crippen molar-refractivity contribution in [2.75, 3.05) is 7.11 Å². The molecule has 1 aromatic carbocycles. The van der Waals surface area contributed by atoms with Crippen LogP contribution in [0.15, 0.2) is 61.1 Å².